The summed E-state index contributed by atoms with van der Waals surface area (Å²) in [5.74, 6) is -0.827. The number of halogens is 1. The molecule has 0 radical (unpaired) electrons. The molecule has 1 aliphatic heterocycles. The number of nitrogens with zero attached hydrogens (tertiary/aromatic N) is 1. The number of benzene rings is 1. The first-order chi connectivity index (χ1) is 9.87. The van der Waals surface area contributed by atoms with Gasteiger partial charge in [-0.05, 0) is 30.5 Å². The highest BCUT2D eigenvalue weighted by Gasteiger charge is 2.55. The third-order valence-corrected chi connectivity index (χ3v) is 4.77. The minimum Gasteiger partial charge on any atom is -0.378 e. The van der Waals surface area contributed by atoms with Gasteiger partial charge in [-0.1, -0.05) is 23.7 Å². The molecule has 2 aliphatic rings. The number of hydrogen-bond acceptors (Lipinski definition) is 3. The summed E-state index contributed by atoms with van der Waals surface area (Å²) in [6.45, 7) is 0.323. The van der Waals surface area contributed by atoms with Crippen molar-refractivity contribution in [2.75, 3.05) is 13.1 Å². The first-order valence-electron chi connectivity index (χ1n) is 6.95. The van der Waals surface area contributed by atoms with Gasteiger partial charge in [0.25, 0.3) is 5.91 Å². The number of aliphatic hydroxyl groups is 1. The first-order valence-corrected chi connectivity index (χ1v) is 7.33. The second kappa shape index (κ2) is 4.71. The van der Waals surface area contributed by atoms with E-state index in [4.69, 9.17) is 17.3 Å². The summed E-state index contributed by atoms with van der Waals surface area (Å²) in [4.78, 5) is 25.6. The number of primary amides is 1. The molecule has 21 heavy (non-hydrogen) atoms. The number of carbonyl (C=O) groups excluding carboxylic acids is 2. The Morgan fingerprint density at radius 1 is 1.29 bits per heavy atom. The van der Waals surface area contributed by atoms with Crippen LogP contribution in [0.2, 0.25) is 5.02 Å². The Labute approximate surface area is 127 Å². The lowest BCUT2D eigenvalue weighted by molar-refractivity contribution is -0.138. The van der Waals surface area contributed by atoms with Crippen molar-refractivity contribution in [3.8, 4) is 0 Å². The van der Waals surface area contributed by atoms with E-state index in [-0.39, 0.29) is 18.9 Å². The van der Waals surface area contributed by atoms with Crippen molar-refractivity contribution in [2.24, 2.45) is 5.73 Å². The van der Waals surface area contributed by atoms with Gasteiger partial charge >= 0.3 is 0 Å². The van der Waals surface area contributed by atoms with Gasteiger partial charge in [0.2, 0.25) is 5.91 Å². The Hall–Kier alpha value is -1.59. The molecule has 0 aromatic heterocycles. The minimum atomic E-state index is -1.60. The zero-order chi connectivity index (χ0) is 15.3. The Balaban J connectivity index is 1.82. The summed E-state index contributed by atoms with van der Waals surface area (Å²) in [6, 6.07) is 7.30. The topological polar surface area (TPSA) is 83.6 Å². The van der Waals surface area contributed by atoms with E-state index in [1.807, 2.05) is 18.2 Å². The van der Waals surface area contributed by atoms with Crippen LogP contribution < -0.4 is 5.73 Å². The third kappa shape index (κ3) is 2.30. The van der Waals surface area contributed by atoms with Crippen LogP contribution in [-0.4, -0.2) is 40.5 Å². The van der Waals surface area contributed by atoms with Crippen LogP contribution in [0.15, 0.2) is 24.3 Å². The Morgan fingerprint density at radius 2 is 2.00 bits per heavy atom. The molecular weight excluding hydrogens is 292 g/mol. The normalized spacial score (nSPS) is 26.7. The van der Waals surface area contributed by atoms with E-state index >= 15 is 0 Å². The molecular formula is C15H17ClN2O3. The molecule has 0 unspecified atom stereocenters. The zero-order valence-electron chi connectivity index (χ0n) is 11.5. The maximum Gasteiger partial charge on any atom is 0.251 e. The number of β-amino-alcohol motifs (C(OH)–C–C–N with tert-alkyl or cyclic N) is 1. The summed E-state index contributed by atoms with van der Waals surface area (Å²) in [5, 5.41) is 10.7. The van der Waals surface area contributed by atoms with Crippen molar-refractivity contribution in [2.45, 2.75) is 30.3 Å². The summed E-state index contributed by atoms with van der Waals surface area (Å²) in [5.41, 5.74) is 3.96. The standard InChI is InChI=1S/C15H17ClN2O3/c16-11-3-1-2-10(8-11)14(4-5-14)13(20)18-7-6-15(21,9-18)12(17)19/h1-3,8,21H,4-7,9H2,(H2,17,19)/t15-/m1/s1. The van der Waals surface area contributed by atoms with Crippen molar-refractivity contribution in [3.63, 3.8) is 0 Å². The lowest BCUT2D eigenvalue weighted by Gasteiger charge is -2.25. The first kappa shape index (κ1) is 14.4. The Bertz CT molecular complexity index is 615. The fourth-order valence-corrected chi connectivity index (χ4v) is 3.20. The van der Waals surface area contributed by atoms with Gasteiger partial charge < -0.3 is 15.7 Å². The van der Waals surface area contributed by atoms with Gasteiger partial charge in [-0.15, -0.1) is 0 Å². The molecule has 112 valence electrons. The van der Waals surface area contributed by atoms with Gasteiger partial charge in [-0.25, -0.2) is 0 Å². The van der Waals surface area contributed by atoms with Crippen LogP contribution in [0.3, 0.4) is 0 Å². The molecule has 3 N–H and O–H groups in total. The van der Waals surface area contributed by atoms with Crippen LogP contribution in [-0.2, 0) is 15.0 Å². The Kier molecular flexibility index (Phi) is 3.22. The highest BCUT2D eigenvalue weighted by molar-refractivity contribution is 6.30. The molecule has 1 aromatic rings. The number of amides is 2. The predicted molar refractivity (Wildman–Crippen MR) is 77.7 cm³/mol. The van der Waals surface area contributed by atoms with Crippen LogP contribution in [0.4, 0.5) is 0 Å². The second-order valence-corrected chi connectivity index (χ2v) is 6.40. The smallest absolute Gasteiger partial charge is 0.251 e. The van der Waals surface area contributed by atoms with E-state index < -0.39 is 16.9 Å². The monoisotopic (exact) mass is 308 g/mol. The van der Waals surface area contributed by atoms with Crippen LogP contribution >= 0.6 is 11.6 Å². The van der Waals surface area contributed by atoms with Crippen molar-refractivity contribution < 1.29 is 14.7 Å². The average molecular weight is 309 g/mol. The fraction of sp³-hybridized carbons (Fsp3) is 0.467. The number of rotatable bonds is 3. The lowest BCUT2D eigenvalue weighted by Crippen LogP contribution is -2.48. The summed E-state index contributed by atoms with van der Waals surface area (Å²) in [7, 11) is 0. The van der Waals surface area contributed by atoms with Crippen LogP contribution in [0.5, 0.6) is 0 Å². The van der Waals surface area contributed by atoms with Crippen molar-refractivity contribution in [1.82, 2.24) is 4.90 Å². The van der Waals surface area contributed by atoms with E-state index in [9.17, 15) is 14.7 Å². The minimum absolute atomic E-state index is 0.0243. The maximum absolute atomic E-state index is 12.8. The fourth-order valence-electron chi connectivity index (χ4n) is 3.01. The average Bonchev–Trinajstić information content (AvgIpc) is 3.15. The largest absolute Gasteiger partial charge is 0.378 e. The molecule has 1 aliphatic carbocycles. The number of hydrogen-bond donors (Lipinski definition) is 2. The van der Waals surface area contributed by atoms with E-state index in [2.05, 4.69) is 0 Å². The van der Waals surface area contributed by atoms with Crippen molar-refractivity contribution >= 4 is 23.4 Å². The van der Waals surface area contributed by atoms with Crippen molar-refractivity contribution in [3.05, 3.63) is 34.9 Å². The molecule has 3 rings (SSSR count). The molecule has 6 heteroatoms. The Morgan fingerprint density at radius 3 is 2.52 bits per heavy atom. The summed E-state index contributed by atoms with van der Waals surface area (Å²) < 4.78 is 0. The highest BCUT2D eigenvalue weighted by Crippen LogP contribution is 2.50. The SMILES string of the molecule is NC(=O)[C@@]1(O)CCN(C(=O)C2(c3cccc(Cl)c3)CC2)C1. The molecule has 0 bridgehead atoms. The van der Waals surface area contributed by atoms with Gasteiger partial charge in [0.1, 0.15) is 0 Å². The number of carbonyl (C=O) groups is 2. The van der Waals surface area contributed by atoms with Gasteiger partial charge in [0.15, 0.2) is 5.60 Å². The highest BCUT2D eigenvalue weighted by atomic mass is 35.5. The number of nitrogens with two attached hydrogens (primary N) is 1. The van der Waals surface area contributed by atoms with E-state index in [0.29, 0.717) is 11.6 Å². The molecule has 1 heterocycles. The number of likely N-dealkylation sites (tertiary alicyclic amines) is 1. The second-order valence-electron chi connectivity index (χ2n) is 5.96. The van der Waals surface area contributed by atoms with Gasteiger partial charge in [-0.3, -0.25) is 9.59 Å². The maximum atomic E-state index is 12.8. The van der Waals surface area contributed by atoms with E-state index in [1.54, 1.807) is 11.0 Å². The molecule has 0 spiro atoms. The molecule has 5 nitrogen and oxygen atoms in total. The summed E-state index contributed by atoms with van der Waals surface area (Å²) >= 11 is 6.00. The molecule has 2 amide bonds. The molecule has 1 saturated carbocycles. The van der Waals surface area contributed by atoms with Crippen LogP contribution in [0.1, 0.15) is 24.8 Å². The van der Waals surface area contributed by atoms with Gasteiger partial charge in [0, 0.05) is 18.0 Å². The van der Waals surface area contributed by atoms with E-state index in [0.717, 1.165) is 18.4 Å². The third-order valence-electron chi connectivity index (χ3n) is 4.53. The zero-order valence-corrected chi connectivity index (χ0v) is 12.3. The molecule has 1 aromatic carbocycles. The van der Waals surface area contributed by atoms with E-state index in [1.165, 1.54) is 0 Å². The van der Waals surface area contributed by atoms with Gasteiger partial charge in [-0.2, -0.15) is 0 Å². The van der Waals surface area contributed by atoms with Crippen LogP contribution in [0, 0.1) is 0 Å². The van der Waals surface area contributed by atoms with Crippen LogP contribution in [0.25, 0.3) is 0 Å². The molecule has 2 fully saturated rings. The summed E-state index contributed by atoms with van der Waals surface area (Å²) in [6.07, 6.45) is 1.72. The van der Waals surface area contributed by atoms with Gasteiger partial charge in [0.05, 0.1) is 12.0 Å². The molecule has 1 saturated heterocycles. The molecule has 1 atom stereocenters. The predicted octanol–water partition coefficient (Wildman–Crippen LogP) is 0.820. The van der Waals surface area contributed by atoms with Crippen molar-refractivity contribution in [1.29, 1.82) is 0 Å². The lowest BCUT2D eigenvalue weighted by atomic mass is 9.94. The quantitative estimate of drug-likeness (QED) is 0.867.